The van der Waals surface area contributed by atoms with Crippen molar-refractivity contribution in [3.8, 4) is 0 Å². The summed E-state index contributed by atoms with van der Waals surface area (Å²) in [5.41, 5.74) is 0.952. The van der Waals surface area contributed by atoms with Gasteiger partial charge in [0.15, 0.2) is 0 Å². The van der Waals surface area contributed by atoms with E-state index < -0.39 is 5.97 Å². The molecule has 2 rings (SSSR count). The van der Waals surface area contributed by atoms with Crippen LogP contribution in [0.3, 0.4) is 0 Å². The van der Waals surface area contributed by atoms with Gasteiger partial charge in [0.25, 0.3) is 0 Å². The van der Waals surface area contributed by atoms with Crippen LogP contribution in [-0.4, -0.2) is 35.3 Å². The van der Waals surface area contributed by atoms with Gasteiger partial charge in [0.2, 0.25) is 0 Å². The highest BCUT2D eigenvalue weighted by Gasteiger charge is 2.15. The van der Waals surface area contributed by atoms with Crippen molar-refractivity contribution in [1.82, 2.24) is 4.98 Å². The molecule has 5 heteroatoms. The summed E-state index contributed by atoms with van der Waals surface area (Å²) in [6.07, 6.45) is 8.09. The molecule has 2 N–H and O–H groups in total. The molecule has 0 aromatic carbocycles. The van der Waals surface area contributed by atoms with E-state index in [9.17, 15) is 9.90 Å². The number of hydrogen-bond acceptors (Lipinski definition) is 4. The van der Waals surface area contributed by atoms with E-state index in [1.54, 1.807) is 19.2 Å². The molecule has 20 heavy (non-hydrogen) atoms. The first-order valence-corrected chi connectivity index (χ1v) is 7.23. The van der Waals surface area contributed by atoms with E-state index in [-0.39, 0.29) is 5.56 Å². The lowest BCUT2D eigenvalue weighted by molar-refractivity contribution is 0.0347. The molecule has 0 unspecified atom stereocenters. The second kappa shape index (κ2) is 7.24. The second-order valence-electron chi connectivity index (χ2n) is 5.21. The Hall–Kier alpha value is -1.62. The van der Waals surface area contributed by atoms with Crippen LogP contribution >= 0.6 is 0 Å². The summed E-state index contributed by atoms with van der Waals surface area (Å²) in [6, 6.07) is 1.70. The molecule has 0 bridgehead atoms. The van der Waals surface area contributed by atoms with Gasteiger partial charge in [-0.3, -0.25) is 0 Å². The van der Waals surface area contributed by atoms with E-state index in [1.807, 2.05) is 0 Å². The Morgan fingerprint density at radius 1 is 1.45 bits per heavy atom. The van der Waals surface area contributed by atoms with Gasteiger partial charge in [-0.2, -0.15) is 0 Å². The van der Waals surface area contributed by atoms with E-state index in [0.717, 1.165) is 12.8 Å². The van der Waals surface area contributed by atoms with Gasteiger partial charge < -0.3 is 15.2 Å². The Bertz CT molecular complexity index is 456. The molecule has 0 amide bonds. The number of nitrogens with one attached hydrogen (secondary N) is 1. The molecular formula is C15H22N2O3. The van der Waals surface area contributed by atoms with Crippen LogP contribution in [0, 0.1) is 6.92 Å². The van der Waals surface area contributed by atoms with Gasteiger partial charge in [-0.15, -0.1) is 0 Å². The number of carbonyl (C=O) groups is 1. The number of aryl methyl sites for hydroxylation is 1. The van der Waals surface area contributed by atoms with E-state index >= 15 is 0 Å². The fourth-order valence-corrected chi connectivity index (χ4v) is 2.59. The summed E-state index contributed by atoms with van der Waals surface area (Å²) < 4.78 is 5.80. The fourth-order valence-electron chi connectivity index (χ4n) is 2.59. The second-order valence-corrected chi connectivity index (χ2v) is 5.21. The summed E-state index contributed by atoms with van der Waals surface area (Å²) in [6.45, 7) is 2.93. The SMILES string of the molecule is Cc1ccnc(NCCOC2CCCCC2)c1C(=O)O. The van der Waals surface area contributed by atoms with E-state index in [2.05, 4.69) is 10.3 Å². The highest BCUT2D eigenvalue weighted by atomic mass is 16.5. The normalized spacial score (nSPS) is 16.1. The van der Waals surface area contributed by atoms with Crippen molar-refractivity contribution < 1.29 is 14.6 Å². The molecule has 110 valence electrons. The number of aromatic carboxylic acids is 1. The van der Waals surface area contributed by atoms with Crippen molar-refractivity contribution in [2.45, 2.75) is 45.1 Å². The minimum Gasteiger partial charge on any atom is -0.478 e. The first-order chi connectivity index (χ1) is 9.68. The van der Waals surface area contributed by atoms with Gasteiger partial charge in [-0.1, -0.05) is 19.3 Å². The Labute approximate surface area is 119 Å². The molecule has 0 aliphatic heterocycles. The van der Waals surface area contributed by atoms with Crippen LogP contribution < -0.4 is 5.32 Å². The standard InChI is InChI=1S/C15H22N2O3/c1-11-7-8-16-14(13(11)15(18)19)17-9-10-20-12-5-3-2-4-6-12/h7-8,12H,2-6,9-10H2,1H3,(H,16,17)(H,18,19). The summed E-state index contributed by atoms with van der Waals surface area (Å²) in [5.74, 6) is -0.531. The predicted molar refractivity (Wildman–Crippen MR) is 77.2 cm³/mol. The van der Waals surface area contributed by atoms with Crippen LogP contribution in [0.15, 0.2) is 12.3 Å². The third-order valence-corrected chi connectivity index (χ3v) is 3.67. The van der Waals surface area contributed by atoms with E-state index in [1.165, 1.54) is 19.3 Å². The molecule has 1 fully saturated rings. The number of carboxylic acids is 1. The Balaban J connectivity index is 1.82. The molecule has 0 radical (unpaired) electrons. The Kier molecular flexibility index (Phi) is 5.35. The zero-order valence-electron chi connectivity index (χ0n) is 11.9. The van der Waals surface area contributed by atoms with Crippen LogP contribution in [0.25, 0.3) is 0 Å². The first kappa shape index (κ1) is 14.8. The number of hydrogen-bond donors (Lipinski definition) is 2. The molecule has 1 aromatic rings. The molecule has 0 saturated heterocycles. The number of rotatable bonds is 6. The topological polar surface area (TPSA) is 71.5 Å². The first-order valence-electron chi connectivity index (χ1n) is 7.23. The molecule has 1 aliphatic rings. The summed E-state index contributed by atoms with van der Waals surface area (Å²) in [4.78, 5) is 15.3. The highest BCUT2D eigenvalue weighted by molar-refractivity contribution is 5.94. The monoisotopic (exact) mass is 278 g/mol. The van der Waals surface area contributed by atoms with Gasteiger partial charge in [0.1, 0.15) is 11.4 Å². The van der Waals surface area contributed by atoms with Crippen LogP contribution in [-0.2, 0) is 4.74 Å². The van der Waals surface area contributed by atoms with Crippen LogP contribution in [0.1, 0.15) is 48.0 Å². The number of ether oxygens (including phenoxy) is 1. The van der Waals surface area contributed by atoms with Gasteiger partial charge in [0, 0.05) is 12.7 Å². The van der Waals surface area contributed by atoms with Gasteiger partial charge in [-0.05, 0) is 31.4 Å². The van der Waals surface area contributed by atoms with E-state index in [4.69, 9.17) is 4.74 Å². The smallest absolute Gasteiger partial charge is 0.339 e. The van der Waals surface area contributed by atoms with Crippen molar-refractivity contribution >= 4 is 11.8 Å². The summed E-state index contributed by atoms with van der Waals surface area (Å²) >= 11 is 0. The largest absolute Gasteiger partial charge is 0.478 e. The molecule has 5 nitrogen and oxygen atoms in total. The average molecular weight is 278 g/mol. The van der Waals surface area contributed by atoms with Gasteiger partial charge in [-0.25, -0.2) is 9.78 Å². The third-order valence-electron chi connectivity index (χ3n) is 3.67. The maximum Gasteiger partial charge on any atom is 0.339 e. The molecule has 0 atom stereocenters. The average Bonchev–Trinajstić information content (AvgIpc) is 2.44. The van der Waals surface area contributed by atoms with Crippen molar-refractivity contribution in [3.05, 3.63) is 23.4 Å². The minimum atomic E-state index is -0.953. The van der Waals surface area contributed by atoms with Gasteiger partial charge in [0.05, 0.1) is 12.7 Å². The highest BCUT2D eigenvalue weighted by Crippen LogP contribution is 2.20. The lowest BCUT2D eigenvalue weighted by Gasteiger charge is -2.22. The van der Waals surface area contributed by atoms with Crippen molar-refractivity contribution in [1.29, 1.82) is 0 Å². The third kappa shape index (κ3) is 3.93. The number of nitrogens with zero attached hydrogens (tertiary/aromatic N) is 1. The van der Waals surface area contributed by atoms with Crippen LogP contribution in [0.4, 0.5) is 5.82 Å². The number of aromatic nitrogens is 1. The fraction of sp³-hybridized carbons (Fsp3) is 0.600. The van der Waals surface area contributed by atoms with Crippen molar-refractivity contribution in [2.75, 3.05) is 18.5 Å². The van der Waals surface area contributed by atoms with Gasteiger partial charge >= 0.3 is 5.97 Å². The number of pyridine rings is 1. The van der Waals surface area contributed by atoms with Crippen LogP contribution in [0.5, 0.6) is 0 Å². The number of carboxylic acid groups (broad SMARTS) is 1. The lowest BCUT2D eigenvalue weighted by atomic mass is 9.98. The number of anilines is 1. The molecular weight excluding hydrogens is 256 g/mol. The summed E-state index contributed by atoms with van der Waals surface area (Å²) in [5, 5.41) is 12.3. The van der Waals surface area contributed by atoms with E-state index in [0.29, 0.717) is 30.6 Å². The Morgan fingerprint density at radius 2 is 2.20 bits per heavy atom. The summed E-state index contributed by atoms with van der Waals surface area (Å²) in [7, 11) is 0. The zero-order chi connectivity index (χ0) is 14.4. The molecule has 1 saturated carbocycles. The predicted octanol–water partition coefficient (Wildman–Crippen LogP) is 2.85. The molecule has 0 spiro atoms. The molecule has 1 aliphatic carbocycles. The van der Waals surface area contributed by atoms with Crippen molar-refractivity contribution in [3.63, 3.8) is 0 Å². The zero-order valence-corrected chi connectivity index (χ0v) is 11.9. The van der Waals surface area contributed by atoms with Crippen LogP contribution in [0.2, 0.25) is 0 Å². The maximum atomic E-state index is 11.2. The Morgan fingerprint density at radius 3 is 2.90 bits per heavy atom. The van der Waals surface area contributed by atoms with Crippen molar-refractivity contribution in [2.24, 2.45) is 0 Å². The maximum absolute atomic E-state index is 11.2. The molecule has 1 aromatic heterocycles. The minimum absolute atomic E-state index is 0.241. The molecule has 1 heterocycles. The lowest BCUT2D eigenvalue weighted by Crippen LogP contribution is -2.21. The quantitative estimate of drug-likeness (QED) is 0.783.